The Labute approximate surface area is 123 Å². The van der Waals surface area contributed by atoms with Crippen molar-refractivity contribution in [2.45, 2.75) is 36.6 Å². The number of aromatic nitrogens is 1. The van der Waals surface area contributed by atoms with E-state index in [0.29, 0.717) is 5.56 Å². The third kappa shape index (κ3) is 3.39. The van der Waals surface area contributed by atoms with Gasteiger partial charge in [-0.25, -0.2) is 9.78 Å². The number of aryl methyl sites for hydroxylation is 1. The van der Waals surface area contributed by atoms with E-state index < -0.39 is 5.97 Å². The van der Waals surface area contributed by atoms with Crippen LogP contribution in [0.2, 0.25) is 0 Å². The fourth-order valence-corrected chi connectivity index (χ4v) is 2.72. The maximum Gasteiger partial charge on any atom is 0.335 e. The molecule has 104 valence electrons. The van der Waals surface area contributed by atoms with Crippen molar-refractivity contribution in [3.8, 4) is 0 Å². The second kappa shape index (κ2) is 6.09. The fraction of sp³-hybridized carbons (Fsp3) is 0.250. The number of carboxylic acid groups (broad SMARTS) is 1. The second-order valence-electron chi connectivity index (χ2n) is 4.95. The summed E-state index contributed by atoms with van der Waals surface area (Å²) in [5.74, 6) is -0.716. The molecular formula is C16H17NO2S. The van der Waals surface area contributed by atoms with Gasteiger partial charge < -0.3 is 5.11 Å². The molecule has 0 aliphatic heterocycles. The van der Waals surface area contributed by atoms with Crippen molar-refractivity contribution in [1.82, 2.24) is 4.98 Å². The van der Waals surface area contributed by atoms with Gasteiger partial charge in [0.15, 0.2) is 0 Å². The van der Waals surface area contributed by atoms with E-state index in [-0.39, 0.29) is 5.92 Å². The van der Waals surface area contributed by atoms with Gasteiger partial charge >= 0.3 is 5.97 Å². The van der Waals surface area contributed by atoms with Gasteiger partial charge in [-0.2, -0.15) is 0 Å². The van der Waals surface area contributed by atoms with E-state index in [9.17, 15) is 9.90 Å². The first-order chi connectivity index (χ1) is 9.47. The lowest BCUT2D eigenvalue weighted by Gasteiger charge is -2.10. The maximum atomic E-state index is 11.2. The van der Waals surface area contributed by atoms with Crippen LogP contribution in [0, 0.1) is 6.92 Å². The predicted octanol–water partition coefficient (Wildman–Crippen LogP) is 4.36. The van der Waals surface area contributed by atoms with E-state index in [1.54, 1.807) is 12.1 Å². The smallest absolute Gasteiger partial charge is 0.335 e. The van der Waals surface area contributed by atoms with Gasteiger partial charge in [0.2, 0.25) is 0 Å². The summed E-state index contributed by atoms with van der Waals surface area (Å²) in [5.41, 5.74) is 2.26. The SMILES string of the molecule is Cc1ccccc1Sc1cc(C(=O)O)cc(C(C)C)n1. The third-order valence-corrected chi connectivity index (χ3v) is 4.06. The number of pyridine rings is 1. The monoisotopic (exact) mass is 287 g/mol. The Morgan fingerprint density at radius 1 is 1.25 bits per heavy atom. The van der Waals surface area contributed by atoms with Gasteiger partial charge in [0.25, 0.3) is 0 Å². The Hall–Kier alpha value is -1.81. The van der Waals surface area contributed by atoms with E-state index >= 15 is 0 Å². The van der Waals surface area contributed by atoms with Crippen molar-refractivity contribution >= 4 is 17.7 Å². The van der Waals surface area contributed by atoms with E-state index in [2.05, 4.69) is 4.98 Å². The van der Waals surface area contributed by atoms with Gasteiger partial charge in [-0.15, -0.1) is 0 Å². The average molecular weight is 287 g/mol. The first-order valence-corrected chi connectivity index (χ1v) is 7.28. The lowest BCUT2D eigenvalue weighted by atomic mass is 10.1. The minimum absolute atomic E-state index is 0.200. The van der Waals surface area contributed by atoms with E-state index in [1.165, 1.54) is 11.8 Å². The molecule has 0 saturated carbocycles. The van der Waals surface area contributed by atoms with Crippen molar-refractivity contribution in [2.24, 2.45) is 0 Å². The second-order valence-corrected chi connectivity index (χ2v) is 6.01. The highest BCUT2D eigenvalue weighted by Gasteiger charge is 2.12. The Morgan fingerprint density at radius 3 is 2.55 bits per heavy atom. The topological polar surface area (TPSA) is 50.2 Å². The number of nitrogens with zero attached hydrogens (tertiary/aromatic N) is 1. The van der Waals surface area contributed by atoms with Crippen molar-refractivity contribution in [3.05, 3.63) is 53.2 Å². The number of carbonyl (C=O) groups is 1. The van der Waals surface area contributed by atoms with Gasteiger partial charge in [0.1, 0.15) is 5.03 Å². The molecule has 20 heavy (non-hydrogen) atoms. The summed E-state index contributed by atoms with van der Waals surface area (Å²) in [7, 11) is 0. The summed E-state index contributed by atoms with van der Waals surface area (Å²) in [4.78, 5) is 16.9. The lowest BCUT2D eigenvalue weighted by molar-refractivity contribution is 0.0696. The largest absolute Gasteiger partial charge is 0.478 e. The molecule has 0 bridgehead atoms. The molecule has 3 nitrogen and oxygen atoms in total. The minimum Gasteiger partial charge on any atom is -0.478 e. The molecule has 0 unspecified atom stereocenters. The molecule has 0 fully saturated rings. The van der Waals surface area contributed by atoms with Gasteiger partial charge in [-0.1, -0.05) is 43.8 Å². The number of benzene rings is 1. The summed E-state index contributed by atoms with van der Waals surface area (Å²) < 4.78 is 0. The zero-order chi connectivity index (χ0) is 14.7. The average Bonchev–Trinajstić information content (AvgIpc) is 2.41. The van der Waals surface area contributed by atoms with E-state index in [1.807, 2.05) is 45.0 Å². The highest BCUT2D eigenvalue weighted by atomic mass is 32.2. The van der Waals surface area contributed by atoms with E-state index in [0.717, 1.165) is 21.2 Å². The first kappa shape index (κ1) is 14.6. The molecule has 0 aliphatic carbocycles. The van der Waals surface area contributed by atoms with Crippen molar-refractivity contribution in [2.75, 3.05) is 0 Å². The first-order valence-electron chi connectivity index (χ1n) is 6.46. The molecule has 2 aromatic rings. The molecule has 0 amide bonds. The molecule has 1 heterocycles. The van der Waals surface area contributed by atoms with Crippen LogP contribution >= 0.6 is 11.8 Å². The van der Waals surface area contributed by atoms with Crippen LogP contribution in [-0.4, -0.2) is 16.1 Å². The molecule has 4 heteroatoms. The molecule has 1 aromatic heterocycles. The predicted molar refractivity (Wildman–Crippen MR) is 80.6 cm³/mol. The number of hydrogen-bond acceptors (Lipinski definition) is 3. The molecule has 0 radical (unpaired) electrons. The van der Waals surface area contributed by atoms with Crippen LogP contribution < -0.4 is 0 Å². The Kier molecular flexibility index (Phi) is 4.45. The fourth-order valence-electron chi connectivity index (χ4n) is 1.78. The number of carboxylic acids is 1. The highest BCUT2D eigenvalue weighted by molar-refractivity contribution is 7.99. The molecule has 0 aliphatic rings. The third-order valence-electron chi connectivity index (χ3n) is 2.97. The number of rotatable bonds is 4. The lowest BCUT2D eigenvalue weighted by Crippen LogP contribution is -2.02. The number of hydrogen-bond donors (Lipinski definition) is 1. The maximum absolute atomic E-state index is 11.2. The van der Waals surface area contributed by atoms with Gasteiger partial charge in [-0.05, 0) is 36.6 Å². The minimum atomic E-state index is -0.916. The molecular weight excluding hydrogens is 270 g/mol. The van der Waals surface area contributed by atoms with Crippen LogP contribution in [0.3, 0.4) is 0 Å². The Bertz CT molecular complexity index is 638. The van der Waals surface area contributed by atoms with Crippen LogP contribution in [0.15, 0.2) is 46.3 Å². The van der Waals surface area contributed by atoms with Gasteiger partial charge in [-0.3, -0.25) is 0 Å². The number of aromatic carboxylic acids is 1. The van der Waals surface area contributed by atoms with Crippen molar-refractivity contribution in [3.63, 3.8) is 0 Å². The summed E-state index contributed by atoms with van der Waals surface area (Å²) in [5, 5.41) is 9.92. The quantitative estimate of drug-likeness (QED) is 0.907. The summed E-state index contributed by atoms with van der Waals surface area (Å²) in [6.45, 7) is 6.05. The molecule has 1 N–H and O–H groups in total. The summed E-state index contributed by atoms with van der Waals surface area (Å²) in [6, 6.07) is 11.3. The zero-order valence-corrected chi connectivity index (χ0v) is 12.6. The Balaban J connectivity index is 2.41. The van der Waals surface area contributed by atoms with E-state index in [4.69, 9.17) is 0 Å². The normalized spacial score (nSPS) is 10.8. The molecule has 0 atom stereocenters. The van der Waals surface area contributed by atoms with Crippen LogP contribution in [0.5, 0.6) is 0 Å². The molecule has 2 rings (SSSR count). The van der Waals surface area contributed by atoms with Gasteiger partial charge in [0.05, 0.1) is 5.56 Å². The summed E-state index contributed by atoms with van der Waals surface area (Å²) in [6.07, 6.45) is 0. The highest BCUT2D eigenvalue weighted by Crippen LogP contribution is 2.30. The van der Waals surface area contributed by atoms with Crippen LogP contribution in [0.4, 0.5) is 0 Å². The van der Waals surface area contributed by atoms with Gasteiger partial charge in [0, 0.05) is 10.6 Å². The standard InChI is InChI=1S/C16H17NO2S/c1-10(2)13-8-12(16(18)19)9-15(17-13)20-14-7-5-4-6-11(14)3/h4-10H,1-3H3,(H,18,19). The zero-order valence-electron chi connectivity index (χ0n) is 11.8. The Morgan fingerprint density at radius 2 is 1.95 bits per heavy atom. The van der Waals surface area contributed by atoms with Crippen molar-refractivity contribution in [1.29, 1.82) is 0 Å². The molecule has 1 aromatic carbocycles. The summed E-state index contributed by atoms with van der Waals surface area (Å²) >= 11 is 1.50. The molecule has 0 spiro atoms. The molecule has 0 saturated heterocycles. The van der Waals surface area contributed by atoms with Crippen LogP contribution in [-0.2, 0) is 0 Å². The van der Waals surface area contributed by atoms with Crippen LogP contribution in [0.25, 0.3) is 0 Å². The van der Waals surface area contributed by atoms with Crippen LogP contribution in [0.1, 0.15) is 41.4 Å². The van der Waals surface area contributed by atoms with Crippen molar-refractivity contribution < 1.29 is 9.90 Å².